The molecule has 2 aromatic rings. The lowest BCUT2D eigenvalue weighted by Gasteiger charge is -2.32. The van der Waals surface area contributed by atoms with Crippen LogP contribution in [-0.2, 0) is 14.3 Å². The molecular weight excluding hydrogens is 375 g/mol. The molecule has 27 heavy (non-hydrogen) atoms. The van der Waals surface area contributed by atoms with E-state index < -0.39 is 0 Å². The van der Waals surface area contributed by atoms with E-state index in [1.807, 2.05) is 0 Å². The first-order valence-electron chi connectivity index (χ1n) is 8.34. The first-order chi connectivity index (χ1) is 13.0. The maximum Gasteiger partial charge on any atom is 0.258 e. The van der Waals surface area contributed by atoms with Crippen LogP contribution in [0.3, 0.4) is 0 Å². The molecule has 2 amide bonds. The molecule has 0 spiro atoms. The minimum absolute atomic E-state index is 0.0980. The van der Waals surface area contributed by atoms with Gasteiger partial charge in [-0.3, -0.25) is 9.59 Å². The van der Waals surface area contributed by atoms with Crippen LogP contribution in [0.25, 0.3) is 0 Å². The molecule has 1 N–H and O–H groups in total. The number of hydrogen-bond donors (Lipinski definition) is 1. The highest BCUT2D eigenvalue weighted by atomic mass is 35.5. The molecular formula is C19H18ClFN2O4. The highest BCUT2D eigenvalue weighted by Gasteiger charge is 2.27. The van der Waals surface area contributed by atoms with Gasteiger partial charge >= 0.3 is 0 Å². The summed E-state index contributed by atoms with van der Waals surface area (Å²) < 4.78 is 23.9. The maximum absolute atomic E-state index is 13.1. The van der Waals surface area contributed by atoms with Crippen LogP contribution in [0.2, 0.25) is 5.02 Å². The lowest BCUT2D eigenvalue weighted by molar-refractivity contribution is -0.130. The fraction of sp³-hybridized carbons (Fsp3) is 0.263. The third-order valence-corrected chi connectivity index (χ3v) is 4.23. The summed E-state index contributed by atoms with van der Waals surface area (Å²) in [6.45, 7) is 0.255. The van der Waals surface area contributed by atoms with Crippen molar-refractivity contribution in [3.05, 3.63) is 59.4 Å². The molecule has 2 aromatic carbocycles. The van der Waals surface area contributed by atoms with E-state index in [1.165, 1.54) is 29.2 Å². The number of benzene rings is 2. The zero-order valence-corrected chi connectivity index (χ0v) is 15.1. The topological polar surface area (TPSA) is 67.9 Å². The van der Waals surface area contributed by atoms with Gasteiger partial charge in [-0.25, -0.2) is 4.39 Å². The Hall–Kier alpha value is -2.64. The molecule has 8 heteroatoms. The first kappa shape index (κ1) is 19.1. The Labute approximate surface area is 160 Å². The van der Waals surface area contributed by atoms with Crippen molar-refractivity contribution in [3.63, 3.8) is 0 Å². The fourth-order valence-corrected chi connectivity index (χ4v) is 2.70. The van der Waals surface area contributed by atoms with E-state index >= 15 is 0 Å². The van der Waals surface area contributed by atoms with E-state index in [2.05, 4.69) is 5.32 Å². The maximum atomic E-state index is 13.1. The van der Waals surface area contributed by atoms with E-state index in [4.69, 9.17) is 21.1 Å². The second-order valence-corrected chi connectivity index (χ2v) is 6.40. The number of morpholine rings is 1. The van der Waals surface area contributed by atoms with E-state index in [1.54, 1.807) is 24.3 Å². The lowest BCUT2D eigenvalue weighted by Crippen LogP contribution is -2.51. The standard InChI is InChI=1S/C19H18ClFN2O4/c20-13-1-7-16(8-2-13)26-11-18(24)22-9-17-10-23(19(25)12-27-17)15-5-3-14(21)4-6-15/h1-8,17H,9-12H2,(H,22,24). The monoisotopic (exact) mass is 392 g/mol. The van der Waals surface area contributed by atoms with Gasteiger partial charge in [0.2, 0.25) is 0 Å². The van der Waals surface area contributed by atoms with E-state index in [0.29, 0.717) is 16.5 Å². The molecule has 0 saturated carbocycles. The van der Waals surface area contributed by atoms with Gasteiger partial charge in [-0.2, -0.15) is 0 Å². The Kier molecular flexibility index (Phi) is 6.26. The zero-order chi connectivity index (χ0) is 19.2. The van der Waals surface area contributed by atoms with Gasteiger partial charge in [0.25, 0.3) is 11.8 Å². The molecule has 0 aliphatic carbocycles. The lowest BCUT2D eigenvalue weighted by atomic mass is 10.2. The van der Waals surface area contributed by atoms with Gasteiger partial charge in [-0.1, -0.05) is 11.6 Å². The summed E-state index contributed by atoms with van der Waals surface area (Å²) in [5.41, 5.74) is 0.590. The van der Waals surface area contributed by atoms with Crippen LogP contribution >= 0.6 is 11.6 Å². The van der Waals surface area contributed by atoms with Crippen LogP contribution in [0.4, 0.5) is 10.1 Å². The molecule has 6 nitrogen and oxygen atoms in total. The van der Waals surface area contributed by atoms with E-state index in [9.17, 15) is 14.0 Å². The van der Waals surface area contributed by atoms with Gasteiger partial charge in [0.05, 0.1) is 12.6 Å². The number of carbonyl (C=O) groups is 2. The fourth-order valence-electron chi connectivity index (χ4n) is 2.58. The Morgan fingerprint density at radius 3 is 2.63 bits per heavy atom. The summed E-state index contributed by atoms with van der Waals surface area (Å²) in [6, 6.07) is 12.4. The number of anilines is 1. The van der Waals surface area contributed by atoms with Crippen LogP contribution in [0.15, 0.2) is 48.5 Å². The number of nitrogens with one attached hydrogen (secondary N) is 1. The Morgan fingerprint density at radius 2 is 1.93 bits per heavy atom. The van der Waals surface area contributed by atoms with Crippen molar-refractivity contribution in [3.8, 4) is 5.75 Å². The average molecular weight is 393 g/mol. The quantitative estimate of drug-likeness (QED) is 0.819. The third kappa shape index (κ3) is 5.42. The zero-order valence-electron chi connectivity index (χ0n) is 14.4. The van der Waals surface area contributed by atoms with E-state index in [-0.39, 0.29) is 50.0 Å². The van der Waals surface area contributed by atoms with Crippen molar-refractivity contribution >= 4 is 29.1 Å². The molecule has 0 aromatic heterocycles. The molecule has 3 rings (SSSR count). The second-order valence-electron chi connectivity index (χ2n) is 5.96. The second kappa shape index (κ2) is 8.83. The van der Waals surface area contributed by atoms with Crippen molar-refractivity contribution in [2.75, 3.05) is 31.2 Å². The van der Waals surface area contributed by atoms with Gasteiger partial charge in [0.1, 0.15) is 18.2 Å². The van der Waals surface area contributed by atoms with Crippen molar-refractivity contribution in [1.29, 1.82) is 0 Å². The van der Waals surface area contributed by atoms with Gasteiger partial charge in [0.15, 0.2) is 6.61 Å². The van der Waals surface area contributed by atoms with Crippen LogP contribution in [0.5, 0.6) is 5.75 Å². The van der Waals surface area contributed by atoms with Crippen LogP contribution in [0.1, 0.15) is 0 Å². The van der Waals surface area contributed by atoms with Crippen molar-refractivity contribution in [2.45, 2.75) is 6.10 Å². The summed E-state index contributed by atoms with van der Waals surface area (Å²) in [7, 11) is 0. The van der Waals surface area contributed by atoms with Crippen molar-refractivity contribution in [2.24, 2.45) is 0 Å². The van der Waals surface area contributed by atoms with E-state index in [0.717, 1.165) is 0 Å². The molecule has 142 valence electrons. The predicted octanol–water partition coefficient (Wildman–Crippen LogP) is 2.41. The SMILES string of the molecule is O=C(COc1ccc(Cl)cc1)NCC1CN(c2ccc(F)cc2)C(=O)CO1. The van der Waals surface area contributed by atoms with Gasteiger partial charge in [-0.05, 0) is 48.5 Å². The van der Waals surface area contributed by atoms with Crippen LogP contribution < -0.4 is 15.0 Å². The first-order valence-corrected chi connectivity index (χ1v) is 8.71. The summed E-state index contributed by atoms with van der Waals surface area (Å²) >= 11 is 5.79. The molecule has 1 aliphatic heterocycles. The largest absolute Gasteiger partial charge is 0.484 e. The van der Waals surface area contributed by atoms with Gasteiger partial charge < -0.3 is 19.7 Å². The average Bonchev–Trinajstić information content (AvgIpc) is 2.67. The van der Waals surface area contributed by atoms with Gasteiger partial charge in [0, 0.05) is 17.3 Å². The molecule has 1 saturated heterocycles. The summed E-state index contributed by atoms with van der Waals surface area (Å²) in [5.74, 6) is -0.352. The number of ether oxygens (including phenoxy) is 2. The molecule has 1 fully saturated rings. The number of hydrogen-bond acceptors (Lipinski definition) is 4. The summed E-state index contributed by atoms with van der Waals surface area (Å²) in [4.78, 5) is 25.5. The van der Waals surface area contributed by atoms with Crippen molar-refractivity contribution < 1.29 is 23.5 Å². The number of carbonyl (C=O) groups excluding carboxylic acids is 2. The molecule has 1 unspecified atom stereocenters. The highest BCUT2D eigenvalue weighted by molar-refractivity contribution is 6.30. The minimum Gasteiger partial charge on any atom is -0.484 e. The van der Waals surface area contributed by atoms with Crippen molar-refractivity contribution in [1.82, 2.24) is 5.32 Å². The molecule has 1 atom stereocenters. The number of halogens is 2. The van der Waals surface area contributed by atoms with Gasteiger partial charge in [-0.15, -0.1) is 0 Å². The summed E-state index contributed by atoms with van der Waals surface area (Å²) in [5, 5.41) is 3.30. The number of rotatable bonds is 6. The molecule has 0 bridgehead atoms. The Bertz CT molecular complexity index is 798. The Balaban J connectivity index is 1.47. The minimum atomic E-state index is -0.371. The molecule has 1 heterocycles. The van der Waals surface area contributed by atoms with Crippen LogP contribution in [0, 0.1) is 5.82 Å². The normalized spacial score (nSPS) is 16.9. The van der Waals surface area contributed by atoms with Crippen LogP contribution in [-0.4, -0.2) is 44.2 Å². The third-order valence-electron chi connectivity index (χ3n) is 3.98. The predicted molar refractivity (Wildman–Crippen MR) is 98.4 cm³/mol. The number of nitrogens with zero attached hydrogens (tertiary/aromatic N) is 1. The summed E-state index contributed by atoms with van der Waals surface area (Å²) in [6.07, 6.45) is -0.368. The molecule has 0 radical (unpaired) electrons. The number of amides is 2. The Morgan fingerprint density at radius 1 is 1.22 bits per heavy atom. The highest BCUT2D eigenvalue weighted by Crippen LogP contribution is 2.19. The molecule has 1 aliphatic rings. The smallest absolute Gasteiger partial charge is 0.258 e.